The molecule has 0 spiro atoms. The van der Waals surface area contributed by atoms with Gasteiger partial charge < -0.3 is 19.0 Å². The summed E-state index contributed by atoms with van der Waals surface area (Å²) in [7, 11) is 1.74. The molecule has 2 aromatic rings. The van der Waals surface area contributed by atoms with Crippen LogP contribution in [0.1, 0.15) is 29.7 Å². The molecule has 2 heterocycles. The van der Waals surface area contributed by atoms with Gasteiger partial charge in [0.25, 0.3) is 5.91 Å². The fourth-order valence-electron chi connectivity index (χ4n) is 2.84. The van der Waals surface area contributed by atoms with Crippen molar-refractivity contribution < 1.29 is 23.1 Å². The molecule has 1 aromatic heterocycles. The number of halogens is 1. The Morgan fingerprint density at radius 2 is 2.27 bits per heavy atom. The Balaban J connectivity index is 1.57. The van der Waals surface area contributed by atoms with Gasteiger partial charge in [-0.3, -0.25) is 9.59 Å². The zero-order valence-corrected chi connectivity index (χ0v) is 14.6. The average molecular weight is 361 g/mol. The number of likely N-dealkylation sites (N-methyl/N-ethyl adjacent to an activating group) is 1. The standard InChI is InChI=1S/C18H20FN3O4/c1-12(23)21(2)14-6-7-22(9-14)18(24)16-10-26-17(20-16)11-25-15-5-3-4-13(19)8-15/h3-5,8,10,14H,6-7,9,11H2,1-2H3/t14-/m0/s1. The molecule has 1 aromatic carbocycles. The fourth-order valence-corrected chi connectivity index (χ4v) is 2.84. The molecule has 1 aliphatic heterocycles. The maximum Gasteiger partial charge on any atom is 0.275 e. The summed E-state index contributed by atoms with van der Waals surface area (Å²) in [4.78, 5) is 31.4. The van der Waals surface area contributed by atoms with Gasteiger partial charge in [0.15, 0.2) is 12.3 Å². The Morgan fingerprint density at radius 1 is 1.46 bits per heavy atom. The van der Waals surface area contributed by atoms with E-state index in [0.29, 0.717) is 18.8 Å². The van der Waals surface area contributed by atoms with Gasteiger partial charge in [0.05, 0.1) is 6.04 Å². The summed E-state index contributed by atoms with van der Waals surface area (Å²) < 4.78 is 23.8. The van der Waals surface area contributed by atoms with E-state index in [0.717, 1.165) is 6.42 Å². The second-order valence-electron chi connectivity index (χ2n) is 6.20. The molecule has 8 heteroatoms. The van der Waals surface area contributed by atoms with Crippen molar-refractivity contribution in [3.05, 3.63) is 47.9 Å². The van der Waals surface area contributed by atoms with Crippen molar-refractivity contribution in [1.82, 2.24) is 14.8 Å². The SMILES string of the molecule is CC(=O)N(C)[C@H]1CCN(C(=O)c2coc(COc3cccc(F)c3)n2)C1. The topological polar surface area (TPSA) is 75.9 Å². The van der Waals surface area contributed by atoms with Crippen molar-refractivity contribution in [3.63, 3.8) is 0 Å². The Labute approximate surface area is 150 Å². The van der Waals surface area contributed by atoms with E-state index in [1.54, 1.807) is 22.9 Å². The molecular weight excluding hydrogens is 341 g/mol. The van der Waals surface area contributed by atoms with Gasteiger partial charge >= 0.3 is 0 Å². The number of nitrogens with zero attached hydrogens (tertiary/aromatic N) is 3. The first-order valence-electron chi connectivity index (χ1n) is 8.29. The van der Waals surface area contributed by atoms with Crippen molar-refractivity contribution in [3.8, 4) is 5.75 Å². The Hall–Kier alpha value is -2.90. The monoisotopic (exact) mass is 361 g/mol. The maximum absolute atomic E-state index is 13.1. The second kappa shape index (κ2) is 7.55. The van der Waals surface area contributed by atoms with E-state index >= 15 is 0 Å². The quantitative estimate of drug-likeness (QED) is 0.815. The van der Waals surface area contributed by atoms with Gasteiger partial charge in [0.2, 0.25) is 11.8 Å². The van der Waals surface area contributed by atoms with Crippen molar-refractivity contribution in [2.24, 2.45) is 0 Å². The number of likely N-dealkylation sites (tertiary alicyclic amines) is 1. The van der Waals surface area contributed by atoms with E-state index < -0.39 is 5.82 Å². The average Bonchev–Trinajstić information content (AvgIpc) is 3.28. The minimum absolute atomic E-state index is 0.00751. The molecule has 138 valence electrons. The van der Waals surface area contributed by atoms with Crippen molar-refractivity contribution in [2.75, 3.05) is 20.1 Å². The van der Waals surface area contributed by atoms with Crippen molar-refractivity contribution >= 4 is 11.8 Å². The van der Waals surface area contributed by atoms with Crippen LogP contribution in [-0.4, -0.2) is 52.8 Å². The van der Waals surface area contributed by atoms with Gasteiger partial charge in [-0.15, -0.1) is 0 Å². The summed E-state index contributed by atoms with van der Waals surface area (Å²) in [5.41, 5.74) is 0.189. The van der Waals surface area contributed by atoms with Crippen LogP contribution in [0.2, 0.25) is 0 Å². The number of amides is 2. The summed E-state index contributed by atoms with van der Waals surface area (Å²) in [5, 5.41) is 0. The number of benzene rings is 1. The van der Waals surface area contributed by atoms with Gasteiger partial charge in [0.1, 0.15) is 17.8 Å². The van der Waals surface area contributed by atoms with Crippen LogP contribution < -0.4 is 4.74 Å². The number of aromatic nitrogens is 1. The largest absolute Gasteiger partial charge is 0.484 e. The number of oxazole rings is 1. The van der Waals surface area contributed by atoms with Crippen LogP contribution in [-0.2, 0) is 11.4 Å². The first kappa shape index (κ1) is 17.9. The number of hydrogen-bond donors (Lipinski definition) is 0. The molecule has 1 atom stereocenters. The highest BCUT2D eigenvalue weighted by Gasteiger charge is 2.31. The predicted octanol–water partition coefficient (Wildman–Crippen LogP) is 2.09. The van der Waals surface area contributed by atoms with Gasteiger partial charge in [-0.05, 0) is 18.6 Å². The van der Waals surface area contributed by atoms with E-state index in [1.807, 2.05) is 0 Å². The molecule has 0 saturated carbocycles. The number of carbonyl (C=O) groups is 2. The second-order valence-corrected chi connectivity index (χ2v) is 6.20. The third-order valence-corrected chi connectivity index (χ3v) is 4.42. The van der Waals surface area contributed by atoms with Gasteiger partial charge in [-0.25, -0.2) is 9.37 Å². The summed E-state index contributed by atoms with van der Waals surface area (Å²) in [5.74, 6) is -0.0856. The molecule has 7 nitrogen and oxygen atoms in total. The van der Waals surface area contributed by atoms with E-state index in [9.17, 15) is 14.0 Å². The molecule has 26 heavy (non-hydrogen) atoms. The molecular formula is C18H20FN3O4. The highest BCUT2D eigenvalue weighted by Crippen LogP contribution is 2.18. The lowest BCUT2D eigenvalue weighted by Gasteiger charge is -2.23. The number of ether oxygens (including phenoxy) is 1. The highest BCUT2D eigenvalue weighted by atomic mass is 19.1. The molecule has 0 unspecified atom stereocenters. The van der Waals surface area contributed by atoms with E-state index in [-0.39, 0.29) is 36.0 Å². The maximum atomic E-state index is 13.1. The minimum Gasteiger partial charge on any atom is -0.484 e. The number of carbonyl (C=O) groups excluding carboxylic acids is 2. The van der Waals surface area contributed by atoms with Crippen LogP contribution in [0.25, 0.3) is 0 Å². The van der Waals surface area contributed by atoms with E-state index in [2.05, 4.69) is 4.98 Å². The summed E-state index contributed by atoms with van der Waals surface area (Å²) in [6.07, 6.45) is 2.02. The fraction of sp³-hybridized carbons (Fsp3) is 0.389. The number of rotatable bonds is 5. The molecule has 0 N–H and O–H groups in total. The summed E-state index contributed by atoms with van der Waals surface area (Å²) in [6, 6.07) is 5.75. The van der Waals surface area contributed by atoms with E-state index in [1.165, 1.54) is 31.4 Å². The molecule has 0 radical (unpaired) electrons. The van der Waals surface area contributed by atoms with Crippen molar-refractivity contribution in [1.29, 1.82) is 0 Å². The third kappa shape index (κ3) is 4.01. The van der Waals surface area contributed by atoms with Crippen LogP contribution in [0.5, 0.6) is 5.75 Å². The molecule has 3 rings (SSSR count). The molecule has 1 saturated heterocycles. The molecule has 0 bridgehead atoms. The zero-order valence-electron chi connectivity index (χ0n) is 14.6. The lowest BCUT2D eigenvalue weighted by atomic mass is 10.2. The zero-order chi connectivity index (χ0) is 18.7. The lowest BCUT2D eigenvalue weighted by Crippen LogP contribution is -2.39. The van der Waals surface area contributed by atoms with E-state index in [4.69, 9.17) is 9.15 Å². The Kier molecular flexibility index (Phi) is 5.20. The van der Waals surface area contributed by atoms with Crippen molar-refractivity contribution in [2.45, 2.75) is 26.0 Å². The Bertz CT molecular complexity index is 807. The normalized spacial score (nSPS) is 16.6. The van der Waals surface area contributed by atoms with Crippen LogP contribution in [0.3, 0.4) is 0 Å². The molecule has 0 aliphatic carbocycles. The summed E-state index contributed by atoms with van der Waals surface area (Å²) in [6.45, 7) is 2.53. The molecule has 1 fully saturated rings. The molecule has 2 amide bonds. The molecule has 1 aliphatic rings. The predicted molar refractivity (Wildman–Crippen MR) is 90.0 cm³/mol. The van der Waals surface area contributed by atoms with Gasteiger partial charge in [-0.2, -0.15) is 0 Å². The minimum atomic E-state index is -0.398. The highest BCUT2D eigenvalue weighted by molar-refractivity contribution is 5.92. The Morgan fingerprint density at radius 3 is 3.00 bits per heavy atom. The van der Waals surface area contributed by atoms with Crippen LogP contribution >= 0.6 is 0 Å². The van der Waals surface area contributed by atoms with Crippen LogP contribution in [0.4, 0.5) is 4.39 Å². The first-order valence-corrected chi connectivity index (χ1v) is 8.29. The third-order valence-electron chi connectivity index (χ3n) is 4.42. The smallest absolute Gasteiger partial charge is 0.275 e. The summed E-state index contributed by atoms with van der Waals surface area (Å²) >= 11 is 0. The van der Waals surface area contributed by atoms with Crippen LogP contribution in [0.15, 0.2) is 34.9 Å². The van der Waals surface area contributed by atoms with Gasteiger partial charge in [-0.1, -0.05) is 6.07 Å². The number of hydrogen-bond acceptors (Lipinski definition) is 5. The first-order chi connectivity index (χ1) is 12.4. The van der Waals surface area contributed by atoms with Crippen LogP contribution in [0, 0.1) is 5.82 Å². The lowest BCUT2D eigenvalue weighted by molar-refractivity contribution is -0.129. The van der Waals surface area contributed by atoms with Gasteiger partial charge in [0, 0.05) is 33.1 Å².